The van der Waals surface area contributed by atoms with Crippen LogP contribution in [0.1, 0.15) is 47.0 Å². The molecule has 30 atom stereocenters. The van der Waals surface area contributed by atoms with Crippen LogP contribution in [0.5, 0.6) is 0 Å². The zero-order chi connectivity index (χ0) is 81.6. The van der Waals surface area contributed by atoms with E-state index in [-0.39, 0.29) is 279 Å². The summed E-state index contributed by atoms with van der Waals surface area (Å²) in [5.41, 5.74) is 0. The summed E-state index contributed by atoms with van der Waals surface area (Å²) >= 11 is 0. The topological polar surface area (TPSA) is 859 Å². The number of carboxylic acid groups (broad SMARTS) is 3. The van der Waals surface area contributed by atoms with Gasteiger partial charge in [0.05, 0.1) is 37.7 Å². The van der Waals surface area contributed by atoms with Crippen LogP contribution in [0.2, 0.25) is 0 Å². The van der Waals surface area contributed by atoms with E-state index >= 15 is 0 Å². The first-order valence-corrected chi connectivity index (χ1v) is 38.3. The second-order valence-corrected chi connectivity index (χ2v) is 29.7. The molecule has 6 fully saturated rings. The number of hydrogen-bond donors (Lipinski definition) is 10. The maximum absolute atomic E-state index is 13.1. The fraction of sp³-hybridized carbons (Fsp3) is 0.872. The van der Waals surface area contributed by atoms with Crippen LogP contribution in [0.25, 0.3) is 0 Å². The second-order valence-electron chi connectivity index (χ2n) is 23.5. The molecule has 70 heteroatoms. The smallest absolute Gasteiger partial charge is 0.726 e. The van der Waals surface area contributed by atoms with E-state index in [1.165, 1.54) is 0 Å². The van der Waals surface area contributed by atoms with E-state index < -0.39 is 302 Å². The molecule has 6 aliphatic heterocycles. The summed E-state index contributed by atoms with van der Waals surface area (Å²) in [5, 5.41) is 125. The number of aliphatic hydroxyl groups is 7. The van der Waals surface area contributed by atoms with E-state index in [1.807, 2.05) is 10.6 Å². The molecule has 6 heterocycles. The van der Waals surface area contributed by atoms with Crippen molar-refractivity contribution in [2.45, 2.75) is 231 Å². The quantitative estimate of drug-likeness (QED) is 0.0121. The van der Waals surface area contributed by atoms with Crippen molar-refractivity contribution in [2.75, 3.05) is 26.4 Å². The van der Waals surface area contributed by atoms with Crippen molar-refractivity contribution in [3.8, 4) is 0 Å². The zero-order valence-electron chi connectivity index (χ0n) is 63.7. The van der Waals surface area contributed by atoms with Crippen molar-refractivity contribution in [2.24, 2.45) is 0 Å². The van der Waals surface area contributed by atoms with Crippen LogP contribution in [-0.4, -0.2) is 360 Å². The second kappa shape index (κ2) is 55.1. The van der Waals surface area contributed by atoms with Gasteiger partial charge in [-0.05, 0) is 6.42 Å². The van der Waals surface area contributed by atoms with Crippen molar-refractivity contribution in [1.82, 2.24) is 16.0 Å². The summed E-state index contributed by atoms with van der Waals surface area (Å²) in [6.45, 7) is -1.59. The summed E-state index contributed by atoms with van der Waals surface area (Å²) in [6, 6.07) is -7.02. The number of carboxylic acids is 3. The molecule has 0 saturated carbocycles. The minimum absolute atomic E-state index is 0. The maximum atomic E-state index is 13.1. The van der Waals surface area contributed by atoms with Gasteiger partial charge in [-0.3, -0.25) is 39.5 Å². The standard InChI is InChI=1S/C47H75N3O52S6.9Na/c1-5-6-7-8-85-42-18(48-12(2)51)21(54)28(15(89-42)9-86-103(67,68)69)93-46-35(101-107(79,80)81)26(59)31(37(98-46)40(63)64)96-44-20(50-14(4)53)23(56)30(17(91-44)11-88-105(73,74)75)94-47-36(102-108(82,83)84)27(60)32(38(99-47)41(65)66)95-43-19(49-13(3)52)22(55)29(16(90-43)10-87-104(70,71)72)92-45-34(100-106(76,77)78)25(58)24(57)33(97-45)39(61)62;;;;;;;;;/h15-38,42-47,54-60H,5-11H2,1-4H3,(H,48,51)(H,49,52)(H,50,53)(H,61,62)(H,63,64)(H,65,66)(H,67,68,69)(H,70,71,72)(H,73,74,75)(H,76,77,78)(H,79,80,81)(H,82,83,84);;;;;;;;;/q;9*+1/p-9/t15-,16-,17-,18-,19-,20-,21-,22-,23-,24+,25+,26+,27+,28-,29-,30-,31+,32+,33-,34-,35-,36-,37-,38-,42+,43-,44-,45-,46-,47-;;;;;;;;;/m1........./s1. The zero-order valence-corrected chi connectivity index (χ0v) is 86.6. The SMILES string of the molecule is CCCCCO[C@H]1O[C@H](COS(=O)(=O)[O-])[C@@H](O[C@@H]2O[C@@H](C(=O)[O-])[C@@H](O[C@H]3O[C@H](COS(=O)(=O)[O-])[C@@H](O[C@@H]4O[C@@H](C(=O)[O-])[C@@H](O[C@H]5O[C@H](COS(=O)(=O)[O-])[C@@H](O[C@@H]6O[C@@H](C(=O)[O-])[C@@H](O)[C@H](O)[C@H]6OS(=O)(=O)[O-])[C@H](O)[C@H]5NC(C)=O)[C@H](O)[C@H]4OS(=O)(=O)[O-])[C@H](O)[C@H]3NC(C)=O)[C@H](O)[C@H]2OS(=O)(=O)[O-])[C@H](O)[C@H]1NC(C)=O.[Na+].[Na+].[Na+].[Na+].[Na+].[Na+].[Na+].[Na+].[Na+]. The Bertz CT molecular complexity index is 3890. The van der Waals surface area contributed by atoms with Gasteiger partial charge in [0.1, 0.15) is 128 Å². The van der Waals surface area contributed by atoms with Crippen LogP contribution in [0.3, 0.4) is 0 Å². The van der Waals surface area contributed by atoms with Crippen LogP contribution >= 0.6 is 0 Å². The molecular weight excluding hydrogens is 1840 g/mol. The van der Waals surface area contributed by atoms with Crippen molar-refractivity contribution < 1.29 is 506 Å². The number of aliphatic carboxylic acids is 3. The van der Waals surface area contributed by atoms with Gasteiger partial charge in [-0.2, -0.15) is 0 Å². The first kappa shape index (κ1) is 128. The number of carbonyl (C=O) groups excluding carboxylic acids is 6. The van der Waals surface area contributed by atoms with Gasteiger partial charge in [0.25, 0.3) is 0 Å². The fourth-order valence-corrected chi connectivity index (χ4v) is 13.7. The minimum Gasteiger partial charge on any atom is -0.726 e. The van der Waals surface area contributed by atoms with Gasteiger partial charge in [-0.1, -0.05) is 19.8 Å². The Morgan fingerprint density at radius 3 is 0.838 bits per heavy atom. The van der Waals surface area contributed by atoms with Gasteiger partial charge < -0.3 is 166 Å². The molecule has 117 heavy (non-hydrogen) atoms. The molecule has 3 amide bonds. The molecule has 626 valence electrons. The van der Waals surface area contributed by atoms with Gasteiger partial charge in [-0.15, -0.1) is 0 Å². The minimum atomic E-state index is -6.48. The normalized spacial score (nSPS) is 35.3. The Kier molecular flexibility index (Phi) is 60.0. The third-order valence-corrected chi connectivity index (χ3v) is 18.4. The van der Waals surface area contributed by atoms with Crippen LogP contribution in [0.4, 0.5) is 0 Å². The number of carbonyl (C=O) groups is 6. The van der Waals surface area contributed by atoms with Crippen LogP contribution < -0.4 is 297 Å². The molecular formula is C47H66N3Na9O52S6. The summed E-state index contributed by atoms with van der Waals surface area (Å²) < 4.78 is 307. The molecule has 0 radical (unpaired) electrons. The molecule has 55 nitrogen and oxygen atoms in total. The van der Waals surface area contributed by atoms with E-state index in [4.69, 9.17) is 56.8 Å². The molecule has 0 unspecified atom stereocenters. The largest absolute Gasteiger partial charge is 1.00 e. The Morgan fingerprint density at radius 2 is 0.581 bits per heavy atom. The van der Waals surface area contributed by atoms with Crippen LogP contribution in [0.15, 0.2) is 0 Å². The van der Waals surface area contributed by atoms with Crippen molar-refractivity contribution in [3.05, 3.63) is 0 Å². The number of aliphatic hydroxyl groups excluding tert-OH is 7. The third kappa shape index (κ3) is 39.2. The molecule has 0 aromatic carbocycles. The van der Waals surface area contributed by atoms with Crippen molar-refractivity contribution >= 4 is 98.0 Å². The Morgan fingerprint density at radius 1 is 0.325 bits per heavy atom. The number of amides is 3. The number of hydrogen-bond acceptors (Lipinski definition) is 52. The number of unbranched alkanes of at least 4 members (excludes halogenated alkanes) is 2. The summed E-state index contributed by atoms with van der Waals surface area (Å²) in [7, 11) is -36.7. The molecule has 0 bridgehead atoms. The van der Waals surface area contributed by atoms with Crippen LogP contribution in [0, 0.1) is 0 Å². The number of ether oxygens (including phenoxy) is 12. The van der Waals surface area contributed by atoms with E-state index in [0.717, 1.165) is 6.92 Å². The van der Waals surface area contributed by atoms with Gasteiger partial charge in [-0.25, -0.2) is 50.5 Å². The molecule has 6 rings (SSSR count). The number of nitrogens with one attached hydrogen (secondary N) is 3. The Hall–Kier alpha value is 4.28. The van der Waals surface area contributed by atoms with Gasteiger partial charge in [0, 0.05) is 27.4 Å². The maximum Gasteiger partial charge on any atom is 1.00 e. The predicted octanol–water partition coefficient (Wildman–Crippen LogP) is -45.2. The molecule has 0 aromatic heterocycles. The molecule has 0 aromatic rings. The average molecular weight is 1900 g/mol. The molecule has 6 saturated heterocycles. The van der Waals surface area contributed by atoms with Crippen molar-refractivity contribution in [3.63, 3.8) is 0 Å². The van der Waals surface area contributed by atoms with Crippen molar-refractivity contribution in [1.29, 1.82) is 0 Å². The van der Waals surface area contributed by atoms with Crippen LogP contribution in [-0.2, 0) is 173 Å². The van der Waals surface area contributed by atoms with Gasteiger partial charge >= 0.3 is 266 Å². The Labute approximate surface area is 864 Å². The first-order valence-electron chi connectivity index (χ1n) is 30.3. The molecule has 0 spiro atoms. The summed E-state index contributed by atoms with van der Waals surface area (Å²) in [5.74, 6) is -11.4. The van der Waals surface area contributed by atoms with E-state index in [0.29, 0.717) is 26.7 Å². The average Bonchev–Trinajstić information content (AvgIpc) is 0.759. The molecule has 6 aliphatic rings. The monoisotopic (exact) mass is 1900 g/mol. The first-order chi connectivity index (χ1) is 49.6. The fourth-order valence-electron chi connectivity index (χ4n) is 11.4. The van der Waals surface area contributed by atoms with Gasteiger partial charge in [0.2, 0.25) is 80.1 Å². The predicted molar refractivity (Wildman–Crippen MR) is 302 cm³/mol. The van der Waals surface area contributed by atoms with E-state index in [1.54, 1.807) is 6.92 Å². The molecule has 0 aliphatic carbocycles. The third-order valence-electron chi connectivity index (χ3n) is 15.7. The summed E-state index contributed by atoms with van der Waals surface area (Å²) in [4.78, 5) is 76.1. The number of rotatable bonds is 36. The van der Waals surface area contributed by atoms with E-state index in [9.17, 15) is 158 Å². The van der Waals surface area contributed by atoms with E-state index in [2.05, 4.69) is 30.4 Å². The molecule has 10 N–H and O–H groups in total. The Balaban J connectivity index is -0.00000709. The summed E-state index contributed by atoms with van der Waals surface area (Å²) in [6.07, 6.45) is -75.8. The van der Waals surface area contributed by atoms with Gasteiger partial charge in [0.15, 0.2) is 56.1 Å².